The molecule has 29 heavy (non-hydrogen) atoms. The number of aliphatic hydroxyl groups excluding tert-OH is 1. The number of benzene rings is 2. The van der Waals surface area contributed by atoms with Gasteiger partial charge in [-0.2, -0.15) is 5.26 Å². The number of hydrogen-bond donors (Lipinski definition) is 2. The summed E-state index contributed by atoms with van der Waals surface area (Å²) in [5, 5.41) is 30.2. The van der Waals surface area contributed by atoms with Gasteiger partial charge in [-0.25, -0.2) is 0 Å². The van der Waals surface area contributed by atoms with Gasteiger partial charge in [-0.1, -0.05) is 36.4 Å². The predicted octanol–water partition coefficient (Wildman–Crippen LogP) is 3.45. The molecule has 0 bridgehead atoms. The number of aromatic hydroxyl groups is 1. The van der Waals surface area contributed by atoms with E-state index < -0.39 is 11.7 Å². The Morgan fingerprint density at radius 2 is 1.59 bits per heavy atom. The maximum atomic E-state index is 12.6. The first-order chi connectivity index (χ1) is 13.9. The van der Waals surface area contributed by atoms with Gasteiger partial charge in [0.25, 0.3) is 5.56 Å². The highest BCUT2D eigenvalue weighted by Gasteiger charge is 2.22. The number of aliphatic hydroxyl groups is 1. The molecule has 2 aromatic carbocycles. The zero-order chi connectivity index (χ0) is 21.0. The summed E-state index contributed by atoms with van der Waals surface area (Å²) in [7, 11) is 0. The summed E-state index contributed by atoms with van der Waals surface area (Å²) in [6, 6.07) is 21.3. The second-order valence-electron chi connectivity index (χ2n) is 6.94. The molecule has 3 aromatic rings. The summed E-state index contributed by atoms with van der Waals surface area (Å²) in [6.45, 7) is 3.34. The van der Waals surface area contributed by atoms with E-state index in [1.54, 1.807) is 6.92 Å². The first kappa shape index (κ1) is 20.2. The van der Waals surface area contributed by atoms with Crippen molar-refractivity contribution in [2.45, 2.75) is 33.0 Å². The maximum absolute atomic E-state index is 12.6. The lowest BCUT2D eigenvalue weighted by Crippen LogP contribution is -2.30. The van der Waals surface area contributed by atoms with Gasteiger partial charge in [0.15, 0.2) is 5.88 Å². The molecule has 0 fully saturated rings. The number of anilines is 2. The van der Waals surface area contributed by atoms with E-state index in [0.29, 0.717) is 11.1 Å². The smallest absolute Gasteiger partial charge is 0.271 e. The predicted molar refractivity (Wildman–Crippen MR) is 112 cm³/mol. The average molecular weight is 389 g/mol. The number of para-hydroxylation sites is 2. The highest BCUT2D eigenvalue weighted by molar-refractivity contribution is 5.64. The topological polar surface area (TPSA) is 89.5 Å². The minimum atomic E-state index is -0.847. The molecule has 0 aliphatic carbocycles. The second kappa shape index (κ2) is 8.63. The molecule has 0 radical (unpaired) electrons. The van der Waals surface area contributed by atoms with Gasteiger partial charge in [-0.3, -0.25) is 9.36 Å². The Bertz CT molecular complexity index is 1040. The van der Waals surface area contributed by atoms with Crippen LogP contribution in [0.3, 0.4) is 0 Å². The summed E-state index contributed by atoms with van der Waals surface area (Å²) in [5.41, 5.74) is 2.09. The van der Waals surface area contributed by atoms with Crippen molar-refractivity contribution >= 4 is 11.4 Å². The van der Waals surface area contributed by atoms with Gasteiger partial charge in [-0.15, -0.1) is 0 Å². The van der Waals surface area contributed by atoms with Crippen molar-refractivity contribution in [3.05, 3.63) is 87.7 Å². The quantitative estimate of drug-likeness (QED) is 0.674. The molecule has 6 heteroatoms. The molecule has 0 saturated carbocycles. The first-order valence-corrected chi connectivity index (χ1v) is 9.35. The maximum Gasteiger partial charge on any atom is 0.271 e. The molecule has 1 aromatic heterocycles. The molecule has 3 rings (SSSR count). The van der Waals surface area contributed by atoms with E-state index in [2.05, 4.69) is 0 Å². The van der Waals surface area contributed by atoms with Gasteiger partial charge < -0.3 is 15.1 Å². The van der Waals surface area contributed by atoms with Crippen LogP contribution in [0.4, 0.5) is 11.4 Å². The van der Waals surface area contributed by atoms with Crippen LogP contribution in [0.2, 0.25) is 0 Å². The molecular weight excluding hydrogens is 366 g/mol. The third kappa shape index (κ3) is 4.15. The largest absolute Gasteiger partial charge is 0.494 e. The zero-order valence-corrected chi connectivity index (χ0v) is 16.4. The van der Waals surface area contributed by atoms with Gasteiger partial charge in [0.05, 0.1) is 19.2 Å². The van der Waals surface area contributed by atoms with Crippen LogP contribution < -0.4 is 10.5 Å². The Balaban J connectivity index is 2.18. The molecule has 0 aliphatic heterocycles. The molecule has 2 N–H and O–H groups in total. The van der Waals surface area contributed by atoms with Crippen molar-refractivity contribution in [3.63, 3.8) is 0 Å². The van der Waals surface area contributed by atoms with E-state index in [1.165, 1.54) is 6.92 Å². The van der Waals surface area contributed by atoms with E-state index in [9.17, 15) is 20.3 Å². The number of nitrogens with zero attached hydrogens (tertiary/aromatic N) is 3. The Kier molecular flexibility index (Phi) is 6.01. The molecule has 6 nitrogen and oxygen atoms in total. The van der Waals surface area contributed by atoms with Crippen LogP contribution in [0.15, 0.2) is 65.5 Å². The summed E-state index contributed by atoms with van der Waals surface area (Å²) in [5.74, 6) is -0.232. The van der Waals surface area contributed by atoms with E-state index in [1.807, 2.05) is 71.6 Å². The fraction of sp³-hybridized carbons (Fsp3) is 0.217. The Morgan fingerprint density at radius 1 is 1.07 bits per heavy atom. The summed E-state index contributed by atoms with van der Waals surface area (Å²) in [4.78, 5) is 14.6. The van der Waals surface area contributed by atoms with Gasteiger partial charge in [0, 0.05) is 16.9 Å². The Labute approximate surface area is 169 Å². The van der Waals surface area contributed by atoms with Crippen molar-refractivity contribution in [2.24, 2.45) is 0 Å². The van der Waals surface area contributed by atoms with Crippen molar-refractivity contribution in [1.82, 2.24) is 4.57 Å². The minimum Gasteiger partial charge on any atom is -0.494 e. The number of hydrogen-bond acceptors (Lipinski definition) is 5. The minimum absolute atomic E-state index is 0.0282. The van der Waals surface area contributed by atoms with Crippen LogP contribution >= 0.6 is 0 Å². The Morgan fingerprint density at radius 3 is 2.03 bits per heavy atom. The van der Waals surface area contributed by atoms with Crippen molar-refractivity contribution in [2.75, 3.05) is 4.90 Å². The van der Waals surface area contributed by atoms with Gasteiger partial charge in [-0.05, 0) is 43.7 Å². The fourth-order valence-corrected chi connectivity index (χ4v) is 3.33. The normalized spacial score (nSPS) is 11.7. The third-order valence-corrected chi connectivity index (χ3v) is 4.82. The van der Waals surface area contributed by atoms with E-state index >= 15 is 0 Å². The van der Waals surface area contributed by atoms with Gasteiger partial charge in [0.2, 0.25) is 0 Å². The van der Waals surface area contributed by atoms with Crippen molar-refractivity contribution in [3.8, 4) is 11.9 Å². The second-order valence-corrected chi connectivity index (χ2v) is 6.94. The summed E-state index contributed by atoms with van der Waals surface area (Å²) in [6.07, 6.45) is -0.847. The lowest BCUT2D eigenvalue weighted by Gasteiger charge is -2.27. The van der Waals surface area contributed by atoms with Crippen LogP contribution in [0.1, 0.15) is 23.6 Å². The molecule has 0 aliphatic rings. The molecule has 148 valence electrons. The molecule has 1 unspecified atom stereocenters. The molecule has 0 spiro atoms. The summed E-state index contributed by atoms with van der Waals surface area (Å²) >= 11 is 0. The highest BCUT2D eigenvalue weighted by Crippen LogP contribution is 2.31. The van der Waals surface area contributed by atoms with Crippen LogP contribution in [0.25, 0.3) is 0 Å². The highest BCUT2D eigenvalue weighted by atomic mass is 16.3. The molecule has 0 amide bonds. The molecule has 1 heterocycles. The molecule has 0 saturated heterocycles. The number of aromatic nitrogens is 1. The SMILES string of the molecule is Cc1c(CN(c2ccccc2)c2ccccc2)c(O)n(CC(C)O)c(=O)c1C#N. The van der Waals surface area contributed by atoms with E-state index in [4.69, 9.17) is 0 Å². The fourth-order valence-electron chi connectivity index (χ4n) is 3.33. The third-order valence-electron chi connectivity index (χ3n) is 4.82. The Hall–Kier alpha value is -3.56. The lowest BCUT2D eigenvalue weighted by atomic mass is 10.0. The van der Waals surface area contributed by atoms with Crippen molar-refractivity contribution < 1.29 is 10.2 Å². The molecular formula is C23H23N3O3. The number of nitriles is 1. The van der Waals surface area contributed by atoms with Crippen LogP contribution in [0, 0.1) is 18.3 Å². The van der Waals surface area contributed by atoms with Gasteiger partial charge >= 0.3 is 0 Å². The standard InChI is InChI=1S/C23H23N3O3/c1-16(27)14-26-22(28)20(13-24)17(2)21(23(26)29)15-25(18-9-5-3-6-10-18)19-11-7-4-8-12-19/h3-12,16,27,29H,14-15H2,1-2H3. The number of rotatable bonds is 6. The summed E-state index contributed by atoms with van der Waals surface area (Å²) < 4.78 is 1.07. The van der Waals surface area contributed by atoms with Crippen LogP contribution in [0.5, 0.6) is 5.88 Å². The van der Waals surface area contributed by atoms with E-state index in [-0.39, 0.29) is 24.5 Å². The van der Waals surface area contributed by atoms with Crippen LogP contribution in [-0.2, 0) is 13.1 Å². The number of pyridine rings is 1. The van der Waals surface area contributed by atoms with Crippen molar-refractivity contribution in [1.29, 1.82) is 5.26 Å². The average Bonchev–Trinajstić information content (AvgIpc) is 2.73. The molecule has 1 atom stereocenters. The van der Waals surface area contributed by atoms with Gasteiger partial charge in [0.1, 0.15) is 11.6 Å². The zero-order valence-electron chi connectivity index (χ0n) is 16.4. The first-order valence-electron chi connectivity index (χ1n) is 9.35. The monoisotopic (exact) mass is 389 g/mol. The van der Waals surface area contributed by atoms with E-state index in [0.717, 1.165) is 15.9 Å². The van der Waals surface area contributed by atoms with Crippen LogP contribution in [-0.4, -0.2) is 20.9 Å². The lowest BCUT2D eigenvalue weighted by molar-refractivity contribution is 0.166.